The quantitative estimate of drug-likeness (QED) is 0.678. The van der Waals surface area contributed by atoms with E-state index in [1.165, 1.54) is 18.4 Å². The van der Waals surface area contributed by atoms with Crippen LogP contribution >= 0.6 is 11.3 Å². The summed E-state index contributed by atoms with van der Waals surface area (Å²) >= 11 is 1.42. The minimum atomic E-state index is -0.523. The molecule has 3 rings (SSSR count). The van der Waals surface area contributed by atoms with Gasteiger partial charge in [0.25, 0.3) is 11.8 Å². The molecule has 0 radical (unpaired) electrons. The number of amides is 2. The zero-order valence-corrected chi connectivity index (χ0v) is 14.8. The Morgan fingerprint density at radius 2 is 1.73 bits per heavy atom. The van der Waals surface area contributed by atoms with Crippen LogP contribution in [0.2, 0.25) is 0 Å². The van der Waals surface area contributed by atoms with E-state index in [2.05, 4.69) is 15.4 Å². The van der Waals surface area contributed by atoms with Gasteiger partial charge in [-0.2, -0.15) is 0 Å². The molecule has 0 atom stereocenters. The van der Waals surface area contributed by atoms with Crippen molar-refractivity contribution >= 4 is 44.9 Å². The van der Waals surface area contributed by atoms with Crippen molar-refractivity contribution in [1.29, 1.82) is 0 Å². The number of benzene rings is 2. The highest BCUT2D eigenvalue weighted by molar-refractivity contribution is 7.20. The van der Waals surface area contributed by atoms with Crippen LogP contribution in [-0.2, 0) is 9.53 Å². The standard InChI is InChI=1S/C19H16N2O4S/c1-25-17(22)11-20-18(23)12-6-8-14(9-7-12)21-19(24)16-10-13-4-2-3-5-15(13)26-16/h2-10H,11H2,1H3,(H,20,23)(H,21,24). The fourth-order valence-electron chi connectivity index (χ4n) is 2.32. The maximum Gasteiger partial charge on any atom is 0.325 e. The Kier molecular flexibility index (Phi) is 5.28. The molecule has 0 bridgehead atoms. The number of fused-ring (bicyclic) bond motifs is 1. The van der Waals surface area contributed by atoms with Crippen LogP contribution in [0.5, 0.6) is 0 Å². The lowest BCUT2D eigenvalue weighted by Gasteiger charge is -2.06. The van der Waals surface area contributed by atoms with Crippen molar-refractivity contribution in [3.8, 4) is 0 Å². The second-order valence-corrected chi connectivity index (χ2v) is 6.52. The molecule has 0 saturated heterocycles. The Bertz CT molecular complexity index is 930. The van der Waals surface area contributed by atoms with Gasteiger partial charge in [-0.25, -0.2) is 0 Å². The van der Waals surface area contributed by atoms with Crippen LogP contribution < -0.4 is 10.6 Å². The predicted octanol–water partition coefficient (Wildman–Crippen LogP) is 3.06. The van der Waals surface area contributed by atoms with E-state index < -0.39 is 11.9 Å². The van der Waals surface area contributed by atoms with Crippen LogP contribution in [0.25, 0.3) is 10.1 Å². The number of esters is 1. The highest BCUT2D eigenvalue weighted by Crippen LogP contribution is 2.26. The molecule has 0 aliphatic heterocycles. The van der Waals surface area contributed by atoms with Gasteiger partial charge in [-0.15, -0.1) is 11.3 Å². The van der Waals surface area contributed by atoms with Crippen LogP contribution in [0.3, 0.4) is 0 Å². The lowest BCUT2D eigenvalue weighted by molar-refractivity contribution is -0.139. The zero-order valence-electron chi connectivity index (χ0n) is 13.9. The van der Waals surface area contributed by atoms with Crippen molar-refractivity contribution in [1.82, 2.24) is 5.32 Å². The minimum Gasteiger partial charge on any atom is -0.468 e. The van der Waals surface area contributed by atoms with E-state index in [1.54, 1.807) is 24.3 Å². The minimum absolute atomic E-state index is 0.195. The van der Waals surface area contributed by atoms with Crippen molar-refractivity contribution in [3.05, 3.63) is 65.0 Å². The molecule has 0 saturated carbocycles. The number of nitrogens with one attached hydrogen (secondary N) is 2. The first-order valence-electron chi connectivity index (χ1n) is 7.82. The van der Waals surface area contributed by atoms with Crippen LogP contribution in [-0.4, -0.2) is 31.4 Å². The Morgan fingerprint density at radius 1 is 1.00 bits per heavy atom. The second kappa shape index (κ2) is 7.79. The molecule has 0 aliphatic rings. The normalized spacial score (nSPS) is 10.3. The molecular weight excluding hydrogens is 352 g/mol. The first-order chi connectivity index (χ1) is 12.6. The lowest BCUT2D eigenvalue weighted by Crippen LogP contribution is -2.30. The zero-order chi connectivity index (χ0) is 18.5. The third-order valence-corrected chi connectivity index (χ3v) is 4.79. The van der Waals surface area contributed by atoms with Gasteiger partial charge in [-0.05, 0) is 41.8 Å². The number of carbonyl (C=O) groups is 3. The van der Waals surface area contributed by atoms with Gasteiger partial charge in [0.05, 0.1) is 12.0 Å². The second-order valence-electron chi connectivity index (χ2n) is 5.44. The molecule has 0 unspecified atom stereocenters. The van der Waals surface area contributed by atoms with E-state index in [-0.39, 0.29) is 12.5 Å². The van der Waals surface area contributed by atoms with Gasteiger partial charge in [0.2, 0.25) is 0 Å². The van der Waals surface area contributed by atoms with Gasteiger partial charge in [0.15, 0.2) is 0 Å². The molecule has 1 heterocycles. The monoisotopic (exact) mass is 368 g/mol. The van der Waals surface area contributed by atoms with E-state index in [1.807, 2.05) is 30.3 Å². The maximum atomic E-state index is 12.4. The summed E-state index contributed by atoms with van der Waals surface area (Å²) in [5.74, 6) is -1.11. The number of carbonyl (C=O) groups excluding carboxylic acids is 3. The maximum absolute atomic E-state index is 12.4. The van der Waals surface area contributed by atoms with Crippen molar-refractivity contribution < 1.29 is 19.1 Å². The number of methoxy groups -OCH3 is 1. The average Bonchev–Trinajstić information content (AvgIpc) is 3.10. The topological polar surface area (TPSA) is 84.5 Å². The van der Waals surface area contributed by atoms with Gasteiger partial charge in [0.1, 0.15) is 6.54 Å². The van der Waals surface area contributed by atoms with E-state index in [0.29, 0.717) is 16.1 Å². The summed E-state index contributed by atoms with van der Waals surface area (Å²) in [6.45, 7) is -0.195. The van der Waals surface area contributed by atoms with E-state index >= 15 is 0 Å². The van der Waals surface area contributed by atoms with Crippen molar-refractivity contribution in [2.24, 2.45) is 0 Å². The molecule has 1 aromatic heterocycles. The van der Waals surface area contributed by atoms with Gasteiger partial charge in [-0.1, -0.05) is 18.2 Å². The van der Waals surface area contributed by atoms with Crippen LogP contribution in [0.4, 0.5) is 5.69 Å². The first kappa shape index (κ1) is 17.6. The fraction of sp³-hybridized carbons (Fsp3) is 0.105. The fourth-order valence-corrected chi connectivity index (χ4v) is 3.28. The highest BCUT2D eigenvalue weighted by atomic mass is 32.1. The summed E-state index contributed by atoms with van der Waals surface area (Å²) in [6.07, 6.45) is 0. The van der Waals surface area contributed by atoms with E-state index in [0.717, 1.165) is 10.1 Å². The summed E-state index contributed by atoms with van der Waals surface area (Å²) in [6, 6.07) is 16.1. The van der Waals surface area contributed by atoms with Gasteiger partial charge in [-0.3, -0.25) is 14.4 Å². The molecule has 7 heteroatoms. The molecule has 2 N–H and O–H groups in total. The van der Waals surface area contributed by atoms with Gasteiger partial charge >= 0.3 is 5.97 Å². The van der Waals surface area contributed by atoms with Crippen LogP contribution in [0.15, 0.2) is 54.6 Å². The van der Waals surface area contributed by atoms with Gasteiger partial charge < -0.3 is 15.4 Å². The third-order valence-electron chi connectivity index (χ3n) is 3.68. The number of rotatable bonds is 5. The summed E-state index contributed by atoms with van der Waals surface area (Å²) in [5.41, 5.74) is 0.964. The molecular formula is C19H16N2O4S. The van der Waals surface area contributed by atoms with E-state index in [4.69, 9.17) is 0 Å². The molecule has 0 fully saturated rings. The van der Waals surface area contributed by atoms with Crippen molar-refractivity contribution in [2.45, 2.75) is 0 Å². The molecule has 132 valence electrons. The summed E-state index contributed by atoms with van der Waals surface area (Å²) in [5, 5.41) is 6.29. The molecule has 0 aliphatic carbocycles. The summed E-state index contributed by atoms with van der Waals surface area (Å²) in [7, 11) is 1.25. The molecule has 2 aromatic carbocycles. The van der Waals surface area contributed by atoms with Crippen LogP contribution in [0, 0.1) is 0 Å². The Morgan fingerprint density at radius 3 is 2.42 bits per heavy atom. The SMILES string of the molecule is COC(=O)CNC(=O)c1ccc(NC(=O)c2cc3ccccc3s2)cc1. The average molecular weight is 368 g/mol. The number of hydrogen-bond donors (Lipinski definition) is 2. The van der Waals surface area contributed by atoms with Gasteiger partial charge in [0, 0.05) is 16.0 Å². The molecule has 2 amide bonds. The predicted molar refractivity (Wildman–Crippen MR) is 101 cm³/mol. The number of ether oxygens (including phenoxy) is 1. The molecule has 3 aromatic rings. The Labute approximate surface area is 153 Å². The first-order valence-corrected chi connectivity index (χ1v) is 8.63. The smallest absolute Gasteiger partial charge is 0.325 e. The highest BCUT2D eigenvalue weighted by Gasteiger charge is 2.12. The Balaban J connectivity index is 1.64. The van der Waals surface area contributed by atoms with Crippen molar-refractivity contribution in [3.63, 3.8) is 0 Å². The molecule has 26 heavy (non-hydrogen) atoms. The summed E-state index contributed by atoms with van der Waals surface area (Å²) in [4.78, 5) is 36.0. The Hall–Kier alpha value is -3.19. The third kappa shape index (κ3) is 4.07. The van der Waals surface area contributed by atoms with E-state index in [9.17, 15) is 14.4 Å². The number of thiophene rings is 1. The molecule has 0 spiro atoms. The van der Waals surface area contributed by atoms with Crippen molar-refractivity contribution in [2.75, 3.05) is 19.0 Å². The largest absolute Gasteiger partial charge is 0.468 e. The summed E-state index contributed by atoms with van der Waals surface area (Å²) < 4.78 is 5.51. The van der Waals surface area contributed by atoms with Crippen LogP contribution in [0.1, 0.15) is 20.0 Å². The lowest BCUT2D eigenvalue weighted by atomic mass is 10.2. The number of hydrogen-bond acceptors (Lipinski definition) is 5. The number of anilines is 1. The molecule has 6 nitrogen and oxygen atoms in total.